The van der Waals surface area contributed by atoms with Crippen LogP contribution in [0.1, 0.15) is 26.2 Å². The Kier molecular flexibility index (Phi) is 7.69. The van der Waals surface area contributed by atoms with Gasteiger partial charge in [-0.15, -0.1) is 0 Å². The highest BCUT2D eigenvalue weighted by molar-refractivity contribution is 7.99. The first kappa shape index (κ1) is 23.6. The van der Waals surface area contributed by atoms with Crippen LogP contribution in [-0.4, -0.2) is 40.5 Å². The van der Waals surface area contributed by atoms with Crippen molar-refractivity contribution in [3.8, 4) is 11.5 Å². The molecular formula is C24H26N4O5S. The maximum Gasteiger partial charge on any atom is 0.325 e. The number of benzene rings is 2. The Bertz CT molecular complexity index is 1260. The van der Waals surface area contributed by atoms with E-state index >= 15 is 0 Å². The number of para-hydroxylation sites is 1. The Morgan fingerprint density at radius 3 is 2.74 bits per heavy atom. The summed E-state index contributed by atoms with van der Waals surface area (Å²) in [5.74, 6) is 0.602. The number of nitrogens with zero attached hydrogens (tertiary/aromatic N) is 2. The number of thioether (sulfide) groups is 1. The van der Waals surface area contributed by atoms with Crippen molar-refractivity contribution in [2.75, 3.05) is 24.3 Å². The molecule has 0 spiro atoms. The number of anilines is 1. The Morgan fingerprint density at radius 1 is 1.12 bits per heavy atom. The molecule has 1 aliphatic rings. The van der Waals surface area contributed by atoms with Gasteiger partial charge in [0.05, 0.1) is 29.9 Å². The van der Waals surface area contributed by atoms with Gasteiger partial charge in [-0.3, -0.25) is 19.5 Å². The fourth-order valence-electron chi connectivity index (χ4n) is 3.47. The molecular weight excluding hydrogens is 456 g/mol. The van der Waals surface area contributed by atoms with E-state index in [4.69, 9.17) is 9.47 Å². The number of imide groups is 1. The average Bonchev–Trinajstić information content (AvgIpc) is 3.07. The van der Waals surface area contributed by atoms with Gasteiger partial charge in [0.2, 0.25) is 5.91 Å². The minimum atomic E-state index is -0.657. The Hall–Kier alpha value is -3.53. The third-order valence-corrected chi connectivity index (χ3v) is 6.13. The number of urea groups is 1. The van der Waals surface area contributed by atoms with Crippen LogP contribution in [0.3, 0.4) is 0 Å². The van der Waals surface area contributed by atoms with Crippen molar-refractivity contribution in [3.63, 3.8) is 0 Å². The molecule has 2 heterocycles. The van der Waals surface area contributed by atoms with E-state index in [9.17, 15) is 14.4 Å². The van der Waals surface area contributed by atoms with Gasteiger partial charge in [-0.2, -0.15) is 0 Å². The minimum Gasteiger partial charge on any atom is -0.490 e. The van der Waals surface area contributed by atoms with E-state index < -0.39 is 11.9 Å². The normalized spacial score (nSPS) is 12.7. The molecule has 34 heavy (non-hydrogen) atoms. The Balaban J connectivity index is 1.39. The number of nitrogens with one attached hydrogen (secondary N) is 2. The molecule has 0 bridgehead atoms. The fourth-order valence-corrected chi connectivity index (χ4v) is 4.29. The standard InChI is InChI=1S/C24H26N4O5S/c1-2-3-11-28-22(30)17-7-4-5-8-18(17)26-24(28)34-15-21(29)27-23(31)25-16-9-10-19-20(14-16)33-13-6-12-32-19/h4-5,7-10,14H,2-3,6,11-13,15H2,1H3,(H2,25,27,29,31). The molecule has 10 heteroatoms. The number of ether oxygens (including phenoxy) is 2. The van der Waals surface area contributed by atoms with Crippen LogP contribution < -0.4 is 25.7 Å². The molecule has 1 aliphatic heterocycles. The lowest BCUT2D eigenvalue weighted by Gasteiger charge is -2.13. The Morgan fingerprint density at radius 2 is 1.91 bits per heavy atom. The number of unbranched alkanes of at least 4 members (excludes halogenated alkanes) is 1. The second kappa shape index (κ2) is 11.1. The summed E-state index contributed by atoms with van der Waals surface area (Å²) in [6.45, 7) is 3.67. The summed E-state index contributed by atoms with van der Waals surface area (Å²) < 4.78 is 12.8. The molecule has 0 aliphatic carbocycles. The van der Waals surface area contributed by atoms with E-state index in [0.29, 0.717) is 53.0 Å². The highest BCUT2D eigenvalue weighted by atomic mass is 32.2. The summed E-state index contributed by atoms with van der Waals surface area (Å²) >= 11 is 1.13. The third-order valence-electron chi connectivity index (χ3n) is 5.15. The molecule has 0 fully saturated rings. The van der Waals surface area contributed by atoms with Crippen molar-refractivity contribution in [2.24, 2.45) is 0 Å². The van der Waals surface area contributed by atoms with Crippen molar-refractivity contribution in [1.29, 1.82) is 0 Å². The predicted molar refractivity (Wildman–Crippen MR) is 131 cm³/mol. The van der Waals surface area contributed by atoms with Crippen molar-refractivity contribution in [3.05, 3.63) is 52.8 Å². The molecule has 0 radical (unpaired) electrons. The second-order valence-corrected chi connectivity index (χ2v) is 8.67. The summed E-state index contributed by atoms with van der Waals surface area (Å²) in [6.07, 6.45) is 2.52. The van der Waals surface area contributed by atoms with E-state index in [-0.39, 0.29) is 11.3 Å². The second-order valence-electron chi connectivity index (χ2n) is 7.72. The molecule has 178 valence electrons. The van der Waals surface area contributed by atoms with Crippen molar-refractivity contribution in [1.82, 2.24) is 14.9 Å². The number of hydrogen-bond donors (Lipinski definition) is 2. The molecule has 3 aromatic rings. The summed E-state index contributed by atoms with van der Waals surface area (Å²) in [5, 5.41) is 5.93. The molecule has 0 atom stereocenters. The minimum absolute atomic E-state index is 0.0640. The van der Waals surface area contributed by atoms with Gasteiger partial charge < -0.3 is 14.8 Å². The maximum atomic E-state index is 12.9. The van der Waals surface area contributed by atoms with Crippen LogP contribution in [0.25, 0.3) is 10.9 Å². The predicted octanol–water partition coefficient (Wildman–Crippen LogP) is 3.80. The molecule has 0 saturated carbocycles. The average molecular weight is 483 g/mol. The van der Waals surface area contributed by atoms with Crippen LogP contribution >= 0.6 is 11.8 Å². The summed E-state index contributed by atoms with van der Waals surface area (Å²) in [7, 11) is 0. The zero-order valence-electron chi connectivity index (χ0n) is 18.8. The van der Waals surface area contributed by atoms with Crippen molar-refractivity contribution >= 4 is 40.3 Å². The molecule has 2 N–H and O–H groups in total. The number of carbonyl (C=O) groups is 2. The maximum absolute atomic E-state index is 12.9. The molecule has 0 unspecified atom stereocenters. The molecule has 0 saturated heterocycles. The van der Waals surface area contributed by atoms with E-state index in [1.807, 2.05) is 13.0 Å². The van der Waals surface area contributed by atoms with Crippen molar-refractivity contribution < 1.29 is 19.1 Å². The van der Waals surface area contributed by atoms with Gasteiger partial charge in [0.15, 0.2) is 16.7 Å². The van der Waals surface area contributed by atoms with Gasteiger partial charge in [0.25, 0.3) is 5.56 Å². The van der Waals surface area contributed by atoms with Crippen LogP contribution in [0, 0.1) is 0 Å². The summed E-state index contributed by atoms with van der Waals surface area (Å²) in [5.41, 5.74) is 0.927. The monoisotopic (exact) mass is 482 g/mol. The first-order valence-electron chi connectivity index (χ1n) is 11.2. The molecule has 1 aromatic heterocycles. The van der Waals surface area contributed by atoms with Crippen LogP contribution in [0.4, 0.5) is 10.5 Å². The topological polar surface area (TPSA) is 112 Å². The van der Waals surface area contributed by atoms with Gasteiger partial charge in [0.1, 0.15) is 0 Å². The number of fused-ring (bicyclic) bond motifs is 2. The lowest BCUT2D eigenvalue weighted by Crippen LogP contribution is -2.35. The zero-order valence-corrected chi connectivity index (χ0v) is 19.7. The first-order valence-corrected chi connectivity index (χ1v) is 12.2. The lowest BCUT2D eigenvalue weighted by atomic mass is 10.2. The molecule has 4 rings (SSSR count). The molecule has 3 amide bonds. The molecule has 9 nitrogen and oxygen atoms in total. The number of rotatable bonds is 7. The van der Waals surface area contributed by atoms with E-state index in [2.05, 4.69) is 15.6 Å². The van der Waals surface area contributed by atoms with Gasteiger partial charge >= 0.3 is 6.03 Å². The largest absolute Gasteiger partial charge is 0.490 e. The van der Waals surface area contributed by atoms with Crippen LogP contribution in [0.5, 0.6) is 11.5 Å². The highest BCUT2D eigenvalue weighted by Gasteiger charge is 2.16. The van der Waals surface area contributed by atoms with Crippen LogP contribution in [0.2, 0.25) is 0 Å². The van der Waals surface area contributed by atoms with Gasteiger partial charge in [-0.1, -0.05) is 37.2 Å². The number of aromatic nitrogens is 2. The van der Waals surface area contributed by atoms with E-state index in [0.717, 1.165) is 31.0 Å². The van der Waals surface area contributed by atoms with Crippen LogP contribution in [0.15, 0.2) is 52.4 Å². The number of amides is 3. The quantitative estimate of drug-likeness (QED) is 0.389. The molecule has 2 aromatic carbocycles. The first-order chi connectivity index (χ1) is 16.5. The zero-order chi connectivity index (χ0) is 23.9. The summed E-state index contributed by atoms with van der Waals surface area (Å²) in [6, 6.07) is 11.5. The SMILES string of the molecule is CCCCn1c(SCC(=O)NC(=O)Nc2ccc3c(c2)OCCCO3)nc2ccccc2c1=O. The lowest BCUT2D eigenvalue weighted by molar-refractivity contribution is -0.117. The van der Waals surface area contributed by atoms with E-state index in [1.54, 1.807) is 41.0 Å². The van der Waals surface area contributed by atoms with Crippen molar-refractivity contribution in [2.45, 2.75) is 37.9 Å². The fraction of sp³-hybridized carbons (Fsp3) is 0.333. The van der Waals surface area contributed by atoms with Gasteiger partial charge in [0, 0.05) is 24.7 Å². The van der Waals surface area contributed by atoms with E-state index in [1.165, 1.54) is 0 Å². The summed E-state index contributed by atoms with van der Waals surface area (Å²) in [4.78, 5) is 42.2. The van der Waals surface area contributed by atoms with Crippen LogP contribution in [-0.2, 0) is 11.3 Å². The van der Waals surface area contributed by atoms with Gasteiger partial charge in [-0.05, 0) is 30.7 Å². The number of hydrogen-bond acceptors (Lipinski definition) is 7. The van der Waals surface area contributed by atoms with Gasteiger partial charge in [-0.25, -0.2) is 9.78 Å². The smallest absolute Gasteiger partial charge is 0.325 e. The Labute approximate surface area is 200 Å². The highest BCUT2D eigenvalue weighted by Crippen LogP contribution is 2.32. The number of carbonyl (C=O) groups excluding carboxylic acids is 2. The third kappa shape index (κ3) is 5.69.